The molecular formula is C6H13NO2S. The van der Waals surface area contributed by atoms with Crippen molar-refractivity contribution >= 4 is 17.7 Å². The van der Waals surface area contributed by atoms with Crippen LogP contribution in [0, 0.1) is 0 Å². The maximum atomic E-state index is 10.1. The molecule has 0 aromatic rings. The maximum absolute atomic E-state index is 10.1. The Morgan fingerprint density at radius 1 is 1.80 bits per heavy atom. The predicted octanol–water partition coefficient (Wildman–Crippen LogP) is 0.889. The molecule has 60 valence electrons. The lowest BCUT2D eigenvalue weighted by Crippen LogP contribution is -2.26. The molecule has 0 aromatic carbocycles. The van der Waals surface area contributed by atoms with Crippen molar-refractivity contribution in [1.82, 2.24) is 0 Å². The van der Waals surface area contributed by atoms with E-state index in [0.717, 1.165) is 18.6 Å². The first kappa shape index (κ1) is 9.78. The van der Waals surface area contributed by atoms with Crippen molar-refractivity contribution < 1.29 is 9.90 Å². The van der Waals surface area contributed by atoms with Gasteiger partial charge in [0.2, 0.25) is 0 Å². The lowest BCUT2D eigenvalue weighted by Gasteiger charge is -2.03. The van der Waals surface area contributed by atoms with Gasteiger partial charge in [-0.15, -0.1) is 11.8 Å². The van der Waals surface area contributed by atoms with Crippen LogP contribution in [-0.4, -0.2) is 22.2 Å². The number of rotatable bonds is 5. The third kappa shape index (κ3) is 4.64. The van der Waals surface area contributed by atoms with Crippen LogP contribution in [0.5, 0.6) is 0 Å². The Balaban J connectivity index is 3.21. The molecule has 0 radical (unpaired) electrons. The number of aliphatic carboxylic acids is 1. The van der Waals surface area contributed by atoms with Gasteiger partial charge in [0.1, 0.15) is 5.37 Å². The third-order valence-corrected chi connectivity index (χ3v) is 2.12. The number of carbonyl (C=O) groups is 1. The highest BCUT2D eigenvalue weighted by Gasteiger charge is 2.09. The monoisotopic (exact) mass is 163 g/mol. The maximum Gasteiger partial charge on any atom is 0.330 e. The molecule has 1 atom stereocenters. The SMILES string of the molecule is CCCCS[C@H](N)C(=O)O. The van der Waals surface area contributed by atoms with E-state index in [2.05, 4.69) is 6.92 Å². The van der Waals surface area contributed by atoms with Gasteiger partial charge in [0.25, 0.3) is 0 Å². The normalized spacial score (nSPS) is 13.0. The van der Waals surface area contributed by atoms with E-state index in [9.17, 15) is 4.79 Å². The number of carboxylic acids is 1. The lowest BCUT2D eigenvalue weighted by molar-refractivity contribution is -0.136. The predicted molar refractivity (Wildman–Crippen MR) is 43.0 cm³/mol. The molecule has 0 amide bonds. The van der Waals surface area contributed by atoms with Crippen molar-refractivity contribution in [3.05, 3.63) is 0 Å². The van der Waals surface area contributed by atoms with E-state index >= 15 is 0 Å². The Bertz CT molecular complexity index is 108. The fourth-order valence-electron chi connectivity index (χ4n) is 0.426. The van der Waals surface area contributed by atoms with Crippen molar-refractivity contribution in [2.45, 2.75) is 25.1 Å². The van der Waals surface area contributed by atoms with Crippen molar-refractivity contribution in [2.24, 2.45) is 5.73 Å². The average molecular weight is 163 g/mol. The van der Waals surface area contributed by atoms with E-state index in [1.54, 1.807) is 0 Å². The summed E-state index contributed by atoms with van der Waals surface area (Å²) in [4.78, 5) is 10.1. The number of carboxylic acid groups (broad SMARTS) is 1. The lowest BCUT2D eigenvalue weighted by atomic mass is 10.4. The third-order valence-electron chi connectivity index (χ3n) is 1.04. The zero-order valence-electron chi connectivity index (χ0n) is 6.04. The molecule has 0 heterocycles. The zero-order valence-corrected chi connectivity index (χ0v) is 6.86. The molecule has 0 aromatic heterocycles. The van der Waals surface area contributed by atoms with Crippen LogP contribution < -0.4 is 5.73 Å². The van der Waals surface area contributed by atoms with Gasteiger partial charge in [-0.3, -0.25) is 0 Å². The van der Waals surface area contributed by atoms with E-state index in [1.807, 2.05) is 0 Å². The van der Waals surface area contributed by atoms with Gasteiger partial charge in [-0.25, -0.2) is 4.79 Å². The largest absolute Gasteiger partial charge is 0.479 e. The summed E-state index contributed by atoms with van der Waals surface area (Å²) >= 11 is 1.29. The second kappa shape index (κ2) is 5.56. The van der Waals surface area contributed by atoms with Gasteiger partial charge < -0.3 is 10.8 Å². The topological polar surface area (TPSA) is 63.3 Å². The van der Waals surface area contributed by atoms with Gasteiger partial charge >= 0.3 is 5.97 Å². The summed E-state index contributed by atoms with van der Waals surface area (Å²) in [5.74, 6) is -0.0923. The smallest absolute Gasteiger partial charge is 0.330 e. The van der Waals surface area contributed by atoms with Crippen LogP contribution in [0.3, 0.4) is 0 Å². The molecule has 4 heteroatoms. The number of hydrogen-bond acceptors (Lipinski definition) is 3. The zero-order chi connectivity index (χ0) is 7.98. The first-order valence-electron chi connectivity index (χ1n) is 3.28. The molecule has 0 aliphatic carbocycles. The molecule has 0 fully saturated rings. The molecule has 3 N–H and O–H groups in total. The van der Waals surface area contributed by atoms with Crippen LogP contribution in [0.2, 0.25) is 0 Å². The Hall–Kier alpha value is -0.220. The summed E-state index contributed by atoms with van der Waals surface area (Å²) in [5, 5.41) is 7.59. The highest BCUT2D eigenvalue weighted by Crippen LogP contribution is 2.07. The minimum atomic E-state index is -0.930. The van der Waals surface area contributed by atoms with Crippen LogP contribution in [0.1, 0.15) is 19.8 Å². The second-order valence-electron chi connectivity index (χ2n) is 1.98. The summed E-state index contributed by atoms with van der Waals surface area (Å²) in [5.41, 5.74) is 5.22. The minimum Gasteiger partial charge on any atom is -0.479 e. The molecule has 3 nitrogen and oxygen atoms in total. The van der Waals surface area contributed by atoms with Gasteiger partial charge in [0.15, 0.2) is 0 Å². The molecule has 0 bridgehead atoms. The quantitative estimate of drug-likeness (QED) is 0.466. The molecule has 0 spiro atoms. The molecule has 0 aliphatic rings. The molecule has 0 aliphatic heterocycles. The van der Waals surface area contributed by atoms with Gasteiger partial charge in [-0.05, 0) is 12.2 Å². The Labute approximate surface area is 65.0 Å². The Morgan fingerprint density at radius 2 is 2.40 bits per heavy atom. The molecule has 10 heavy (non-hydrogen) atoms. The van der Waals surface area contributed by atoms with Crippen LogP contribution in [0.4, 0.5) is 0 Å². The van der Waals surface area contributed by atoms with Gasteiger partial charge in [-0.2, -0.15) is 0 Å². The van der Waals surface area contributed by atoms with E-state index < -0.39 is 11.3 Å². The number of unbranched alkanes of at least 4 members (excludes halogenated alkanes) is 1. The van der Waals surface area contributed by atoms with Crippen molar-refractivity contribution in [3.8, 4) is 0 Å². The van der Waals surface area contributed by atoms with Gasteiger partial charge in [-0.1, -0.05) is 13.3 Å². The first-order chi connectivity index (χ1) is 4.68. The highest BCUT2D eigenvalue weighted by molar-refractivity contribution is 8.00. The Kier molecular flexibility index (Phi) is 5.43. The summed E-state index contributed by atoms with van der Waals surface area (Å²) < 4.78 is 0. The fourth-order valence-corrected chi connectivity index (χ4v) is 1.28. The van der Waals surface area contributed by atoms with Crippen LogP contribution in [-0.2, 0) is 4.79 Å². The van der Waals surface area contributed by atoms with Crippen molar-refractivity contribution in [2.75, 3.05) is 5.75 Å². The molecule has 0 saturated carbocycles. The first-order valence-corrected chi connectivity index (χ1v) is 4.33. The summed E-state index contributed by atoms with van der Waals surface area (Å²) in [7, 11) is 0. The van der Waals surface area contributed by atoms with Crippen LogP contribution in [0.25, 0.3) is 0 Å². The van der Waals surface area contributed by atoms with Gasteiger partial charge in [0, 0.05) is 0 Å². The fraction of sp³-hybridized carbons (Fsp3) is 0.833. The molecule has 0 saturated heterocycles. The van der Waals surface area contributed by atoms with Crippen LogP contribution >= 0.6 is 11.8 Å². The highest BCUT2D eigenvalue weighted by atomic mass is 32.2. The van der Waals surface area contributed by atoms with E-state index in [4.69, 9.17) is 10.8 Å². The van der Waals surface area contributed by atoms with E-state index in [-0.39, 0.29) is 0 Å². The second-order valence-corrected chi connectivity index (χ2v) is 3.23. The van der Waals surface area contributed by atoms with Crippen molar-refractivity contribution in [3.63, 3.8) is 0 Å². The number of nitrogens with two attached hydrogens (primary N) is 1. The molecular weight excluding hydrogens is 150 g/mol. The Morgan fingerprint density at radius 3 is 2.80 bits per heavy atom. The minimum absolute atomic E-state index is 0.744. The summed E-state index contributed by atoms with van der Waals surface area (Å²) in [6.07, 6.45) is 2.12. The van der Waals surface area contributed by atoms with E-state index in [1.165, 1.54) is 11.8 Å². The summed E-state index contributed by atoms with van der Waals surface area (Å²) in [6.45, 7) is 2.06. The van der Waals surface area contributed by atoms with Gasteiger partial charge in [0.05, 0.1) is 0 Å². The van der Waals surface area contributed by atoms with E-state index in [0.29, 0.717) is 0 Å². The average Bonchev–Trinajstić information content (AvgIpc) is 1.88. The summed E-state index contributed by atoms with van der Waals surface area (Å²) in [6, 6.07) is 0. The molecule has 0 rings (SSSR count). The van der Waals surface area contributed by atoms with Crippen LogP contribution in [0.15, 0.2) is 0 Å². The molecule has 0 unspecified atom stereocenters. The number of hydrogen-bond donors (Lipinski definition) is 2. The number of thioether (sulfide) groups is 1. The van der Waals surface area contributed by atoms with Crippen molar-refractivity contribution in [1.29, 1.82) is 0 Å². The standard InChI is InChI=1S/C6H13NO2S/c1-2-3-4-10-5(7)6(8)9/h5H,2-4,7H2,1H3,(H,8,9)/t5-/m0/s1.